The van der Waals surface area contributed by atoms with Crippen molar-refractivity contribution in [1.82, 2.24) is 10.6 Å². The van der Waals surface area contributed by atoms with Crippen molar-refractivity contribution in [3.63, 3.8) is 0 Å². The molecule has 160 valence electrons. The lowest BCUT2D eigenvalue weighted by Crippen LogP contribution is -2.38. The van der Waals surface area contributed by atoms with Gasteiger partial charge >= 0.3 is 0 Å². The molecule has 1 aromatic carbocycles. The quantitative estimate of drug-likeness (QED) is 0.209. The average Bonchev–Trinajstić information content (AvgIpc) is 2.70. The van der Waals surface area contributed by atoms with Crippen molar-refractivity contribution in [3.05, 3.63) is 30.3 Å². The molecular weight excluding hydrogens is 469 g/mol. The summed E-state index contributed by atoms with van der Waals surface area (Å²) in [4.78, 5) is 4.62. The lowest BCUT2D eigenvalue weighted by molar-refractivity contribution is 0.0203. The van der Waals surface area contributed by atoms with Gasteiger partial charge in [-0.3, -0.25) is 0 Å². The second-order valence-electron chi connectivity index (χ2n) is 6.87. The van der Waals surface area contributed by atoms with E-state index in [1.54, 1.807) is 0 Å². The maximum atomic E-state index is 5.87. The monoisotopic (exact) mass is 505 g/mol. The molecule has 1 fully saturated rings. The number of nitrogens with zero attached hydrogens (tertiary/aromatic N) is 1. The van der Waals surface area contributed by atoms with E-state index in [1.165, 1.54) is 0 Å². The first kappa shape index (κ1) is 25.0. The Balaban J connectivity index is 0.00000392. The summed E-state index contributed by atoms with van der Waals surface area (Å²) < 4.78 is 17.0. The summed E-state index contributed by atoms with van der Waals surface area (Å²) in [6.45, 7) is 9.76. The number of benzene rings is 1. The van der Waals surface area contributed by atoms with Crippen molar-refractivity contribution < 1.29 is 14.2 Å². The summed E-state index contributed by atoms with van der Waals surface area (Å²) in [6, 6.07) is 9.85. The van der Waals surface area contributed by atoms with Crippen LogP contribution in [0.25, 0.3) is 0 Å². The van der Waals surface area contributed by atoms with Crippen molar-refractivity contribution in [2.45, 2.75) is 39.2 Å². The van der Waals surface area contributed by atoms with Crippen LogP contribution < -0.4 is 15.4 Å². The first-order valence-electron chi connectivity index (χ1n) is 10.2. The van der Waals surface area contributed by atoms with E-state index in [4.69, 9.17) is 14.2 Å². The molecule has 1 atom stereocenters. The van der Waals surface area contributed by atoms with Crippen molar-refractivity contribution in [2.24, 2.45) is 10.9 Å². The number of rotatable bonds is 11. The molecule has 1 saturated heterocycles. The number of halogens is 1. The molecule has 0 aromatic heterocycles. The smallest absolute Gasteiger partial charge is 0.191 e. The van der Waals surface area contributed by atoms with Crippen LogP contribution in [-0.2, 0) is 9.47 Å². The van der Waals surface area contributed by atoms with Gasteiger partial charge in [0.05, 0.1) is 6.54 Å². The van der Waals surface area contributed by atoms with Crippen LogP contribution in [0.5, 0.6) is 5.75 Å². The van der Waals surface area contributed by atoms with Gasteiger partial charge in [0.1, 0.15) is 11.9 Å². The van der Waals surface area contributed by atoms with E-state index in [-0.39, 0.29) is 30.1 Å². The van der Waals surface area contributed by atoms with E-state index in [0.717, 1.165) is 70.5 Å². The van der Waals surface area contributed by atoms with E-state index in [2.05, 4.69) is 22.5 Å². The van der Waals surface area contributed by atoms with Gasteiger partial charge in [-0.05, 0) is 51.2 Å². The highest BCUT2D eigenvalue weighted by Gasteiger charge is 2.13. The number of ether oxygens (including phenoxy) is 3. The molecule has 0 bridgehead atoms. The molecule has 0 aliphatic carbocycles. The zero-order valence-electron chi connectivity index (χ0n) is 17.2. The Labute approximate surface area is 186 Å². The van der Waals surface area contributed by atoms with Crippen molar-refractivity contribution in [2.75, 3.05) is 46.1 Å². The minimum atomic E-state index is 0. The number of para-hydroxylation sites is 1. The van der Waals surface area contributed by atoms with Gasteiger partial charge in [0, 0.05) is 39.5 Å². The molecule has 0 amide bonds. The Hall–Kier alpha value is -1.06. The second kappa shape index (κ2) is 15.8. The number of hydrogen-bond acceptors (Lipinski definition) is 4. The third kappa shape index (κ3) is 11.1. The van der Waals surface area contributed by atoms with E-state index < -0.39 is 0 Å². The zero-order chi connectivity index (χ0) is 19.2. The standard InChI is InChI=1S/C21H35N3O3.HI/c1-3-22-21(24-16-18(2)27-20-8-5-4-6-9-20)23-12-7-13-26-17-19-10-14-25-15-11-19;/h4-6,8-9,18-19H,3,7,10-17H2,1-2H3,(H2,22,23,24);1H. The SMILES string of the molecule is CCNC(=NCC(C)Oc1ccccc1)NCCCOCC1CCOCC1.I. The Morgan fingerprint density at radius 2 is 1.96 bits per heavy atom. The summed E-state index contributed by atoms with van der Waals surface area (Å²) in [5.41, 5.74) is 0. The van der Waals surface area contributed by atoms with Crippen LogP contribution in [0.15, 0.2) is 35.3 Å². The Morgan fingerprint density at radius 1 is 1.21 bits per heavy atom. The molecule has 28 heavy (non-hydrogen) atoms. The van der Waals surface area contributed by atoms with Gasteiger partial charge < -0.3 is 24.8 Å². The van der Waals surface area contributed by atoms with Crippen molar-refractivity contribution >= 4 is 29.9 Å². The van der Waals surface area contributed by atoms with E-state index in [9.17, 15) is 0 Å². The molecular formula is C21H36IN3O3. The summed E-state index contributed by atoms with van der Waals surface area (Å²) in [7, 11) is 0. The summed E-state index contributed by atoms with van der Waals surface area (Å²) >= 11 is 0. The first-order valence-corrected chi connectivity index (χ1v) is 10.2. The Bertz CT molecular complexity index is 525. The Kier molecular flexibility index (Phi) is 14.1. The lowest BCUT2D eigenvalue weighted by Gasteiger charge is -2.21. The Morgan fingerprint density at radius 3 is 2.68 bits per heavy atom. The number of nitrogens with one attached hydrogen (secondary N) is 2. The van der Waals surface area contributed by atoms with Gasteiger partial charge in [0.25, 0.3) is 0 Å². The van der Waals surface area contributed by atoms with Gasteiger partial charge in [-0.15, -0.1) is 24.0 Å². The van der Waals surface area contributed by atoms with Gasteiger partial charge in [0.2, 0.25) is 0 Å². The average molecular weight is 505 g/mol. The van der Waals surface area contributed by atoms with Gasteiger partial charge in [-0.1, -0.05) is 18.2 Å². The lowest BCUT2D eigenvalue weighted by atomic mass is 10.0. The highest BCUT2D eigenvalue weighted by Crippen LogP contribution is 2.14. The maximum absolute atomic E-state index is 5.87. The second-order valence-corrected chi connectivity index (χ2v) is 6.87. The topological polar surface area (TPSA) is 64.1 Å². The normalized spacial score (nSPS) is 16.1. The van der Waals surface area contributed by atoms with E-state index >= 15 is 0 Å². The molecule has 1 unspecified atom stereocenters. The number of hydrogen-bond donors (Lipinski definition) is 2. The summed E-state index contributed by atoms with van der Waals surface area (Å²) in [6.07, 6.45) is 3.23. The van der Waals surface area contributed by atoms with Gasteiger partial charge in [-0.2, -0.15) is 0 Å². The first-order chi connectivity index (χ1) is 13.3. The van der Waals surface area contributed by atoms with Gasteiger partial charge in [0.15, 0.2) is 5.96 Å². The highest BCUT2D eigenvalue weighted by molar-refractivity contribution is 14.0. The van der Waals surface area contributed by atoms with Crippen LogP contribution in [0.4, 0.5) is 0 Å². The summed E-state index contributed by atoms with van der Waals surface area (Å²) in [5, 5.41) is 6.63. The van der Waals surface area contributed by atoms with Crippen LogP contribution in [0, 0.1) is 5.92 Å². The van der Waals surface area contributed by atoms with Crippen molar-refractivity contribution in [1.29, 1.82) is 0 Å². The predicted octanol–water partition coefficient (Wildman–Crippen LogP) is 3.46. The van der Waals surface area contributed by atoms with Crippen LogP contribution in [0.3, 0.4) is 0 Å². The molecule has 1 aliphatic heterocycles. The van der Waals surface area contributed by atoms with Crippen LogP contribution in [0.2, 0.25) is 0 Å². The molecule has 2 rings (SSSR count). The molecule has 1 aliphatic rings. The highest BCUT2D eigenvalue weighted by atomic mass is 127. The molecule has 0 saturated carbocycles. The number of aliphatic imine (C=N–C) groups is 1. The molecule has 2 N–H and O–H groups in total. The largest absolute Gasteiger partial charge is 0.489 e. The third-order valence-electron chi connectivity index (χ3n) is 4.38. The van der Waals surface area contributed by atoms with Crippen LogP contribution in [0.1, 0.15) is 33.1 Å². The fourth-order valence-corrected chi connectivity index (χ4v) is 2.87. The minimum Gasteiger partial charge on any atom is -0.489 e. The maximum Gasteiger partial charge on any atom is 0.191 e. The van der Waals surface area contributed by atoms with E-state index in [0.29, 0.717) is 12.5 Å². The molecule has 7 heteroatoms. The molecule has 1 aromatic rings. The fraction of sp³-hybridized carbons (Fsp3) is 0.667. The van der Waals surface area contributed by atoms with E-state index in [1.807, 2.05) is 37.3 Å². The summed E-state index contributed by atoms with van der Waals surface area (Å²) in [5.74, 6) is 2.36. The van der Waals surface area contributed by atoms with Crippen LogP contribution >= 0.6 is 24.0 Å². The predicted molar refractivity (Wildman–Crippen MR) is 125 cm³/mol. The van der Waals surface area contributed by atoms with Gasteiger partial charge in [-0.25, -0.2) is 4.99 Å². The molecule has 6 nitrogen and oxygen atoms in total. The molecule has 1 heterocycles. The molecule has 0 radical (unpaired) electrons. The zero-order valence-corrected chi connectivity index (χ0v) is 19.5. The number of guanidine groups is 1. The fourth-order valence-electron chi connectivity index (χ4n) is 2.87. The minimum absolute atomic E-state index is 0. The third-order valence-corrected chi connectivity index (χ3v) is 4.38. The van der Waals surface area contributed by atoms with Crippen LogP contribution in [-0.4, -0.2) is 58.1 Å². The van der Waals surface area contributed by atoms with Crippen molar-refractivity contribution in [3.8, 4) is 5.75 Å². The molecule has 0 spiro atoms.